The van der Waals surface area contributed by atoms with Crippen LogP contribution in [0.5, 0.6) is 11.5 Å². The molecule has 152 valence electrons. The molecule has 1 amide bonds. The van der Waals surface area contributed by atoms with Gasteiger partial charge >= 0.3 is 0 Å². The normalized spacial score (nSPS) is 10.7. The van der Waals surface area contributed by atoms with E-state index in [0.29, 0.717) is 33.4 Å². The molecule has 0 radical (unpaired) electrons. The summed E-state index contributed by atoms with van der Waals surface area (Å²) in [6, 6.07) is 15.4. The molecule has 0 aliphatic heterocycles. The van der Waals surface area contributed by atoms with Crippen molar-refractivity contribution in [2.45, 2.75) is 13.5 Å². The number of anilines is 1. The van der Waals surface area contributed by atoms with Gasteiger partial charge < -0.3 is 14.8 Å². The van der Waals surface area contributed by atoms with Gasteiger partial charge in [0, 0.05) is 22.7 Å². The highest BCUT2D eigenvalue weighted by Gasteiger charge is 2.11. The topological polar surface area (TPSA) is 81.9 Å². The second-order valence-electron chi connectivity index (χ2n) is 6.55. The molecular weight excluding hydrogens is 402 g/mol. The predicted octanol–water partition coefficient (Wildman–Crippen LogP) is 3.90. The Morgan fingerprint density at radius 2 is 1.93 bits per heavy atom. The first-order valence-corrected chi connectivity index (χ1v) is 10.0. The van der Waals surface area contributed by atoms with Crippen molar-refractivity contribution in [1.82, 2.24) is 9.38 Å². The minimum atomic E-state index is -0.263. The maximum absolute atomic E-state index is 12.6. The molecule has 0 fully saturated rings. The molecule has 0 atom stereocenters. The Balaban J connectivity index is 1.50. The van der Waals surface area contributed by atoms with Crippen molar-refractivity contribution in [3.8, 4) is 11.5 Å². The van der Waals surface area contributed by atoms with Gasteiger partial charge in [-0.3, -0.25) is 14.0 Å². The van der Waals surface area contributed by atoms with Gasteiger partial charge in [-0.2, -0.15) is 0 Å². The highest BCUT2D eigenvalue weighted by molar-refractivity contribution is 7.16. The number of ether oxygens (including phenoxy) is 2. The highest BCUT2D eigenvalue weighted by Crippen LogP contribution is 2.25. The van der Waals surface area contributed by atoms with Crippen molar-refractivity contribution < 1.29 is 14.3 Å². The summed E-state index contributed by atoms with van der Waals surface area (Å²) in [5, 5.41) is 2.86. The third-order valence-corrected chi connectivity index (χ3v) is 5.30. The average Bonchev–Trinajstić information content (AvgIpc) is 3.14. The molecule has 0 unspecified atom stereocenters. The molecular formula is C22H19N3O4S. The van der Waals surface area contributed by atoms with E-state index >= 15 is 0 Å². The standard InChI is InChI=1S/C22H19N3O4S/c1-14-12-25-20(26)11-16(23-22(25)30-14)13-29-19-6-4-3-5-18(19)24-21(27)15-7-9-17(28-2)10-8-15/h3-12H,13H2,1-2H3,(H,24,27). The second kappa shape index (κ2) is 8.38. The van der Waals surface area contributed by atoms with Gasteiger partial charge in [-0.05, 0) is 43.3 Å². The fourth-order valence-corrected chi connectivity index (χ4v) is 3.77. The average molecular weight is 421 g/mol. The van der Waals surface area contributed by atoms with Crippen molar-refractivity contribution in [2.24, 2.45) is 0 Å². The Labute approximate surface area is 176 Å². The first kappa shape index (κ1) is 19.7. The lowest BCUT2D eigenvalue weighted by molar-refractivity contribution is 0.102. The Morgan fingerprint density at radius 3 is 2.70 bits per heavy atom. The van der Waals surface area contributed by atoms with Gasteiger partial charge in [0.1, 0.15) is 18.1 Å². The Morgan fingerprint density at radius 1 is 1.17 bits per heavy atom. The zero-order valence-corrected chi connectivity index (χ0v) is 17.2. The van der Waals surface area contributed by atoms with E-state index in [9.17, 15) is 9.59 Å². The third-order valence-electron chi connectivity index (χ3n) is 4.40. The number of hydrogen-bond donors (Lipinski definition) is 1. The summed E-state index contributed by atoms with van der Waals surface area (Å²) >= 11 is 1.44. The fraction of sp³-hybridized carbons (Fsp3) is 0.136. The molecule has 8 heteroatoms. The molecule has 7 nitrogen and oxygen atoms in total. The Hall–Kier alpha value is -3.65. The van der Waals surface area contributed by atoms with Gasteiger partial charge in [0.15, 0.2) is 4.96 Å². The SMILES string of the molecule is COc1ccc(C(=O)Nc2ccccc2OCc2cc(=O)n3cc(C)sc3n2)cc1. The number of thiazole rings is 1. The molecule has 0 bridgehead atoms. The van der Waals surface area contributed by atoms with Gasteiger partial charge in [-0.1, -0.05) is 12.1 Å². The maximum atomic E-state index is 12.6. The van der Waals surface area contributed by atoms with Crippen molar-refractivity contribution in [3.63, 3.8) is 0 Å². The van der Waals surface area contributed by atoms with Gasteiger partial charge in [0.2, 0.25) is 0 Å². The molecule has 0 saturated carbocycles. The van der Waals surface area contributed by atoms with Crippen LogP contribution in [0.1, 0.15) is 20.9 Å². The number of hydrogen-bond acceptors (Lipinski definition) is 6. The van der Waals surface area contributed by atoms with E-state index in [0.717, 1.165) is 4.88 Å². The first-order chi connectivity index (χ1) is 14.5. The van der Waals surface area contributed by atoms with E-state index < -0.39 is 0 Å². The van der Waals surface area contributed by atoms with Crippen LogP contribution < -0.4 is 20.3 Å². The van der Waals surface area contributed by atoms with Gasteiger partial charge in [-0.15, -0.1) is 11.3 Å². The Kier molecular flexibility index (Phi) is 5.49. The zero-order chi connectivity index (χ0) is 21.1. The summed E-state index contributed by atoms with van der Waals surface area (Å²) in [5.74, 6) is 0.904. The summed E-state index contributed by atoms with van der Waals surface area (Å²) < 4.78 is 12.5. The van der Waals surface area contributed by atoms with Crippen LogP contribution in [-0.4, -0.2) is 22.4 Å². The number of benzene rings is 2. The summed E-state index contributed by atoms with van der Waals surface area (Å²) in [6.07, 6.45) is 1.77. The van der Waals surface area contributed by atoms with Crippen LogP contribution in [-0.2, 0) is 6.61 Å². The molecule has 30 heavy (non-hydrogen) atoms. The Bertz CT molecular complexity index is 1260. The fourth-order valence-electron chi connectivity index (χ4n) is 2.92. The predicted molar refractivity (Wildman–Crippen MR) is 116 cm³/mol. The molecule has 2 aromatic heterocycles. The number of fused-ring (bicyclic) bond motifs is 1. The number of rotatable bonds is 6. The minimum absolute atomic E-state index is 0.109. The largest absolute Gasteiger partial charge is 0.497 e. The van der Waals surface area contributed by atoms with Crippen LogP contribution in [0.3, 0.4) is 0 Å². The highest BCUT2D eigenvalue weighted by atomic mass is 32.1. The number of amides is 1. The van der Waals surface area contributed by atoms with Crippen LogP contribution in [0.25, 0.3) is 4.96 Å². The number of nitrogens with zero attached hydrogens (tertiary/aromatic N) is 2. The third kappa shape index (κ3) is 4.18. The quantitative estimate of drug-likeness (QED) is 0.511. The molecule has 2 aromatic carbocycles. The van der Waals surface area contributed by atoms with Gasteiger partial charge in [0.25, 0.3) is 11.5 Å². The lowest BCUT2D eigenvalue weighted by Crippen LogP contribution is -2.15. The van der Waals surface area contributed by atoms with E-state index in [1.165, 1.54) is 21.8 Å². The lowest BCUT2D eigenvalue weighted by Gasteiger charge is -2.12. The van der Waals surface area contributed by atoms with Crippen LogP contribution in [0.15, 0.2) is 65.6 Å². The summed E-state index contributed by atoms with van der Waals surface area (Å²) in [6.45, 7) is 2.04. The van der Waals surface area contributed by atoms with Crippen molar-refractivity contribution in [2.75, 3.05) is 12.4 Å². The zero-order valence-electron chi connectivity index (χ0n) is 16.4. The first-order valence-electron chi connectivity index (χ1n) is 9.19. The van der Waals surface area contributed by atoms with E-state index in [4.69, 9.17) is 9.47 Å². The van der Waals surface area contributed by atoms with Crippen LogP contribution in [0, 0.1) is 6.92 Å². The number of methoxy groups -OCH3 is 1. The number of para-hydroxylation sites is 2. The number of carbonyl (C=O) groups excluding carboxylic acids is 1. The molecule has 0 spiro atoms. The monoisotopic (exact) mass is 421 g/mol. The number of aromatic nitrogens is 2. The van der Waals surface area contributed by atoms with Crippen molar-refractivity contribution in [3.05, 3.63) is 87.3 Å². The van der Waals surface area contributed by atoms with Crippen molar-refractivity contribution >= 4 is 27.9 Å². The van der Waals surface area contributed by atoms with Crippen LogP contribution >= 0.6 is 11.3 Å². The smallest absolute Gasteiger partial charge is 0.258 e. The molecule has 1 N–H and O–H groups in total. The van der Waals surface area contributed by atoms with Crippen molar-refractivity contribution in [1.29, 1.82) is 0 Å². The van der Waals surface area contributed by atoms with Gasteiger partial charge in [0.05, 0.1) is 18.5 Å². The van der Waals surface area contributed by atoms with Crippen LogP contribution in [0.4, 0.5) is 5.69 Å². The second-order valence-corrected chi connectivity index (χ2v) is 7.76. The lowest BCUT2D eigenvalue weighted by atomic mass is 10.2. The summed E-state index contributed by atoms with van der Waals surface area (Å²) in [4.78, 5) is 30.9. The summed E-state index contributed by atoms with van der Waals surface area (Å²) in [5.41, 5.74) is 1.41. The molecule has 0 aliphatic rings. The minimum Gasteiger partial charge on any atom is -0.497 e. The summed E-state index contributed by atoms with van der Waals surface area (Å²) in [7, 11) is 1.57. The van der Waals surface area contributed by atoms with Gasteiger partial charge in [-0.25, -0.2) is 4.98 Å². The molecule has 4 aromatic rings. The molecule has 4 rings (SSSR count). The molecule has 0 aliphatic carbocycles. The van der Waals surface area contributed by atoms with E-state index in [2.05, 4.69) is 10.3 Å². The maximum Gasteiger partial charge on any atom is 0.258 e. The number of aryl methyl sites for hydroxylation is 1. The molecule has 0 saturated heterocycles. The van der Waals surface area contributed by atoms with E-state index in [-0.39, 0.29) is 18.1 Å². The van der Waals surface area contributed by atoms with E-state index in [1.807, 2.05) is 19.1 Å². The number of carbonyl (C=O) groups is 1. The van der Waals surface area contributed by atoms with Crippen LogP contribution in [0.2, 0.25) is 0 Å². The number of nitrogens with one attached hydrogen (secondary N) is 1. The van der Waals surface area contributed by atoms with E-state index in [1.54, 1.807) is 49.7 Å². The molecule has 2 heterocycles.